The number of aromatic amines is 1. The molecule has 0 fully saturated rings. The number of ether oxygens (including phenoxy) is 3. The van der Waals surface area contributed by atoms with Crippen LogP contribution in [0.2, 0.25) is 0 Å². The third-order valence-corrected chi connectivity index (χ3v) is 4.70. The first-order valence-corrected chi connectivity index (χ1v) is 8.36. The molecule has 0 unspecified atom stereocenters. The molecule has 3 heterocycles. The number of aliphatic hydroxyl groups excluding tert-OH is 1. The predicted molar refractivity (Wildman–Crippen MR) is 99.8 cm³/mol. The van der Waals surface area contributed by atoms with Crippen LogP contribution in [0.15, 0.2) is 42.2 Å². The van der Waals surface area contributed by atoms with Crippen molar-refractivity contribution < 1.29 is 19.3 Å². The van der Waals surface area contributed by atoms with Crippen molar-refractivity contribution in [2.24, 2.45) is 0 Å². The van der Waals surface area contributed by atoms with Crippen LogP contribution in [0.25, 0.3) is 16.6 Å². The SMILES string of the molecule is COc1ccc2nc(C3=C(O)CN(c4ccc5c(c4)OCO5)C3=N)[nH]c2c1. The van der Waals surface area contributed by atoms with Gasteiger partial charge in [0, 0.05) is 17.8 Å². The molecule has 3 aromatic rings. The summed E-state index contributed by atoms with van der Waals surface area (Å²) >= 11 is 0. The summed E-state index contributed by atoms with van der Waals surface area (Å²) in [7, 11) is 1.60. The Kier molecular flexibility index (Phi) is 3.27. The van der Waals surface area contributed by atoms with Gasteiger partial charge >= 0.3 is 0 Å². The fourth-order valence-corrected chi connectivity index (χ4v) is 3.34. The number of nitrogens with zero attached hydrogens (tertiary/aromatic N) is 2. The molecule has 8 nitrogen and oxygen atoms in total. The second-order valence-corrected chi connectivity index (χ2v) is 6.26. The van der Waals surface area contributed by atoms with E-state index in [-0.39, 0.29) is 24.9 Å². The summed E-state index contributed by atoms with van der Waals surface area (Å²) in [6.07, 6.45) is 0. The summed E-state index contributed by atoms with van der Waals surface area (Å²) in [5.41, 5.74) is 2.63. The number of methoxy groups -OCH3 is 1. The Hall–Kier alpha value is -3.68. The zero-order valence-electron chi connectivity index (χ0n) is 14.4. The van der Waals surface area contributed by atoms with E-state index in [1.165, 1.54) is 0 Å². The van der Waals surface area contributed by atoms with E-state index < -0.39 is 0 Å². The van der Waals surface area contributed by atoms with Gasteiger partial charge in [-0.15, -0.1) is 0 Å². The Morgan fingerprint density at radius 1 is 1.19 bits per heavy atom. The molecule has 0 amide bonds. The maximum absolute atomic E-state index is 10.5. The van der Waals surface area contributed by atoms with Gasteiger partial charge in [0.05, 0.1) is 30.3 Å². The normalized spacial score (nSPS) is 15.9. The number of hydrogen-bond acceptors (Lipinski definition) is 6. The van der Waals surface area contributed by atoms with Crippen molar-refractivity contribution in [2.75, 3.05) is 25.3 Å². The van der Waals surface area contributed by atoms with Gasteiger partial charge in [0.25, 0.3) is 0 Å². The number of fused-ring (bicyclic) bond motifs is 2. The zero-order chi connectivity index (χ0) is 18.5. The molecule has 5 rings (SSSR count). The number of nitrogens with one attached hydrogen (secondary N) is 2. The first-order valence-electron chi connectivity index (χ1n) is 8.36. The average molecular weight is 364 g/mol. The van der Waals surface area contributed by atoms with Gasteiger partial charge in [-0.2, -0.15) is 0 Å². The van der Waals surface area contributed by atoms with Gasteiger partial charge in [-0.05, 0) is 24.3 Å². The van der Waals surface area contributed by atoms with Crippen LogP contribution in [0, 0.1) is 5.41 Å². The molecule has 3 N–H and O–H groups in total. The van der Waals surface area contributed by atoms with Crippen molar-refractivity contribution in [2.45, 2.75) is 0 Å². The highest BCUT2D eigenvalue weighted by Crippen LogP contribution is 2.38. The molecule has 27 heavy (non-hydrogen) atoms. The Morgan fingerprint density at radius 3 is 2.89 bits per heavy atom. The van der Waals surface area contributed by atoms with Gasteiger partial charge in [0.2, 0.25) is 6.79 Å². The fraction of sp³-hybridized carbons (Fsp3) is 0.158. The number of amidine groups is 1. The van der Waals surface area contributed by atoms with Gasteiger partial charge < -0.3 is 29.2 Å². The van der Waals surface area contributed by atoms with Crippen molar-refractivity contribution in [3.8, 4) is 17.2 Å². The standard InChI is InChI=1S/C19H16N4O4/c1-25-11-3-4-12-13(7-11)22-19(21-12)17-14(24)8-23(18(17)20)10-2-5-15-16(6-10)27-9-26-15/h2-7,20,24H,8-9H2,1H3,(H,21,22). The first kappa shape index (κ1) is 15.6. The van der Waals surface area contributed by atoms with Crippen LogP contribution in [0.1, 0.15) is 5.82 Å². The molecule has 0 atom stereocenters. The molecule has 0 spiro atoms. The van der Waals surface area contributed by atoms with E-state index in [0.717, 1.165) is 16.7 Å². The molecule has 2 aromatic carbocycles. The topological polar surface area (TPSA) is 104 Å². The molecule has 2 aliphatic rings. The lowest BCUT2D eigenvalue weighted by atomic mass is 10.2. The number of aromatic nitrogens is 2. The minimum atomic E-state index is 0.0867. The molecular weight excluding hydrogens is 348 g/mol. The van der Waals surface area contributed by atoms with E-state index in [4.69, 9.17) is 19.6 Å². The molecule has 2 aliphatic heterocycles. The van der Waals surface area contributed by atoms with Crippen LogP contribution in [0.3, 0.4) is 0 Å². The van der Waals surface area contributed by atoms with Crippen LogP contribution in [-0.2, 0) is 0 Å². The van der Waals surface area contributed by atoms with Crippen molar-refractivity contribution in [1.82, 2.24) is 9.97 Å². The van der Waals surface area contributed by atoms with Gasteiger partial charge in [0.1, 0.15) is 23.2 Å². The van der Waals surface area contributed by atoms with Crippen LogP contribution in [0.4, 0.5) is 5.69 Å². The largest absolute Gasteiger partial charge is 0.509 e. The van der Waals surface area contributed by atoms with E-state index in [1.54, 1.807) is 24.1 Å². The molecule has 0 saturated heterocycles. The summed E-state index contributed by atoms with van der Waals surface area (Å²) in [6, 6.07) is 10.9. The summed E-state index contributed by atoms with van der Waals surface area (Å²) in [6.45, 7) is 0.377. The molecule has 0 saturated carbocycles. The first-order chi connectivity index (χ1) is 13.1. The van der Waals surface area contributed by atoms with Gasteiger partial charge in [0.15, 0.2) is 11.5 Å². The predicted octanol–water partition coefficient (Wildman–Crippen LogP) is 3.07. The Labute approximate surface area is 154 Å². The van der Waals surface area contributed by atoms with Crippen molar-refractivity contribution in [3.05, 3.63) is 48.0 Å². The average Bonchev–Trinajstić information content (AvgIpc) is 3.37. The Balaban J connectivity index is 1.50. The third-order valence-electron chi connectivity index (χ3n) is 4.70. The number of H-pyrrole nitrogens is 1. The number of imidazole rings is 1. The molecule has 0 radical (unpaired) electrons. The minimum Gasteiger partial charge on any atom is -0.509 e. The van der Waals surface area contributed by atoms with Gasteiger partial charge in [-0.25, -0.2) is 4.98 Å². The zero-order valence-corrected chi connectivity index (χ0v) is 14.4. The van der Waals surface area contributed by atoms with E-state index in [2.05, 4.69) is 9.97 Å². The highest BCUT2D eigenvalue weighted by Gasteiger charge is 2.32. The maximum Gasteiger partial charge on any atom is 0.231 e. The maximum atomic E-state index is 10.5. The van der Waals surface area contributed by atoms with Crippen LogP contribution < -0.4 is 19.1 Å². The van der Waals surface area contributed by atoms with Crippen LogP contribution >= 0.6 is 0 Å². The van der Waals surface area contributed by atoms with E-state index >= 15 is 0 Å². The molecule has 136 valence electrons. The second-order valence-electron chi connectivity index (χ2n) is 6.26. The Bertz CT molecular complexity index is 1120. The van der Waals surface area contributed by atoms with E-state index in [1.807, 2.05) is 24.3 Å². The number of anilines is 1. The van der Waals surface area contributed by atoms with Crippen LogP contribution in [0.5, 0.6) is 17.2 Å². The van der Waals surface area contributed by atoms with Crippen molar-refractivity contribution >= 4 is 28.1 Å². The lowest BCUT2D eigenvalue weighted by molar-refractivity contribution is 0.174. The van der Waals surface area contributed by atoms with Gasteiger partial charge in [-0.3, -0.25) is 5.41 Å². The lowest BCUT2D eigenvalue weighted by Gasteiger charge is -2.18. The molecule has 0 aliphatic carbocycles. The minimum absolute atomic E-state index is 0.0867. The van der Waals surface area contributed by atoms with Gasteiger partial charge in [-0.1, -0.05) is 0 Å². The quantitative estimate of drug-likeness (QED) is 0.660. The number of hydrogen-bond donors (Lipinski definition) is 3. The highest BCUT2D eigenvalue weighted by molar-refractivity contribution is 6.30. The third kappa shape index (κ3) is 2.37. The summed E-state index contributed by atoms with van der Waals surface area (Å²) in [5.74, 6) is 2.71. The summed E-state index contributed by atoms with van der Waals surface area (Å²) in [4.78, 5) is 9.38. The Morgan fingerprint density at radius 2 is 2.04 bits per heavy atom. The fourth-order valence-electron chi connectivity index (χ4n) is 3.34. The highest BCUT2D eigenvalue weighted by atomic mass is 16.7. The van der Waals surface area contributed by atoms with Crippen molar-refractivity contribution in [1.29, 1.82) is 5.41 Å². The molecule has 0 bridgehead atoms. The smallest absolute Gasteiger partial charge is 0.231 e. The molecule has 1 aromatic heterocycles. The molecular formula is C19H16N4O4. The van der Waals surface area contributed by atoms with Crippen LogP contribution in [-0.4, -0.2) is 41.4 Å². The number of aliphatic hydroxyl groups is 1. The summed E-state index contributed by atoms with van der Waals surface area (Å²) in [5, 5.41) is 19.1. The summed E-state index contributed by atoms with van der Waals surface area (Å²) < 4.78 is 16.0. The second kappa shape index (κ2) is 5.66. The monoisotopic (exact) mass is 364 g/mol. The van der Waals surface area contributed by atoms with E-state index in [9.17, 15) is 5.11 Å². The van der Waals surface area contributed by atoms with Crippen molar-refractivity contribution in [3.63, 3.8) is 0 Å². The lowest BCUT2D eigenvalue weighted by Crippen LogP contribution is -2.26. The van der Waals surface area contributed by atoms with E-state index in [0.29, 0.717) is 28.6 Å². The number of rotatable bonds is 3. The molecule has 8 heteroatoms. The number of benzene rings is 2.